The number of carboxylic acids is 1. The topological polar surface area (TPSA) is 144 Å². The maximum absolute atomic E-state index is 13.8. The van der Waals surface area contributed by atoms with E-state index >= 15 is 0 Å². The zero-order chi connectivity index (χ0) is 32.5. The highest BCUT2D eigenvalue weighted by Gasteiger charge is 2.31. The van der Waals surface area contributed by atoms with Gasteiger partial charge in [-0.05, 0) is 54.5 Å². The predicted molar refractivity (Wildman–Crippen MR) is 170 cm³/mol. The number of nitrogens with one attached hydrogen (secondary N) is 4. The van der Waals surface area contributed by atoms with Crippen LogP contribution in [0.2, 0.25) is 5.02 Å². The highest BCUT2D eigenvalue weighted by molar-refractivity contribution is 6.30. The molecule has 1 aromatic heterocycles. The number of nitrogens with zero attached hydrogens (tertiary/aromatic N) is 1. The van der Waals surface area contributed by atoms with Crippen LogP contribution in [0.5, 0.6) is 0 Å². The monoisotopic (exact) mass is 641 g/mol. The summed E-state index contributed by atoms with van der Waals surface area (Å²) in [6.07, 6.45) is 5.90. The summed E-state index contributed by atoms with van der Waals surface area (Å²) in [5.74, 6) is -3.13. The molecule has 1 fully saturated rings. The Labute approximate surface area is 267 Å². The summed E-state index contributed by atoms with van der Waals surface area (Å²) in [5.41, 5.74) is 2.01. The molecule has 3 atom stereocenters. The number of hydrogen-bond donors (Lipinski definition) is 5. The van der Waals surface area contributed by atoms with E-state index in [2.05, 4.69) is 20.9 Å². The standard InChI is InChI=1S/C33H41ClFN5O5/c1-20(2)15-27(39-33(45)40-13-7-3-4-8-14-40)30(41)37-28(18-22-19-36-26-10-6-5-9-23(22)26)31(42)38-29(32(43)44)17-21-11-12-25(35)24(34)16-21/h5-6,9-12,16,19-20,27-29,36H,3-4,7-8,13-15,17-18H2,1-2H3,(H,37,41)(H,38,42)(H,39,45)(H,43,44)/t27-,28+,29+/m0/s1. The van der Waals surface area contributed by atoms with Gasteiger partial charge in [-0.15, -0.1) is 0 Å². The summed E-state index contributed by atoms with van der Waals surface area (Å²) in [7, 11) is 0. The van der Waals surface area contributed by atoms with Crippen LogP contribution in [-0.2, 0) is 27.2 Å². The van der Waals surface area contributed by atoms with Crippen molar-refractivity contribution in [3.63, 3.8) is 0 Å². The second-order valence-corrected chi connectivity index (χ2v) is 12.4. The van der Waals surface area contributed by atoms with Crippen molar-refractivity contribution in [2.75, 3.05) is 13.1 Å². The quantitative estimate of drug-likeness (QED) is 0.193. The van der Waals surface area contributed by atoms with Crippen LogP contribution in [0.3, 0.4) is 0 Å². The number of fused-ring (bicyclic) bond motifs is 1. The van der Waals surface area contributed by atoms with Gasteiger partial charge in [0.1, 0.15) is 23.9 Å². The number of para-hydroxylation sites is 1. The Morgan fingerprint density at radius 1 is 0.911 bits per heavy atom. The fourth-order valence-electron chi connectivity index (χ4n) is 5.59. The van der Waals surface area contributed by atoms with Crippen LogP contribution in [0.15, 0.2) is 48.7 Å². The minimum Gasteiger partial charge on any atom is -0.480 e. The Morgan fingerprint density at radius 2 is 1.58 bits per heavy atom. The number of carbonyl (C=O) groups is 4. The number of benzene rings is 2. The van der Waals surface area contributed by atoms with Crippen LogP contribution < -0.4 is 16.0 Å². The molecule has 45 heavy (non-hydrogen) atoms. The lowest BCUT2D eigenvalue weighted by molar-refractivity contribution is -0.142. The molecule has 1 saturated heterocycles. The molecular formula is C33H41ClFN5O5. The number of likely N-dealkylation sites (tertiary alicyclic amines) is 1. The van der Waals surface area contributed by atoms with E-state index in [0.29, 0.717) is 25.1 Å². The van der Waals surface area contributed by atoms with E-state index in [1.165, 1.54) is 12.1 Å². The van der Waals surface area contributed by atoms with E-state index in [0.717, 1.165) is 48.2 Å². The number of aromatic amines is 1. The maximum atomic E-state index is 13.8. The van der Waals surface area contributed by atoms with Gasteiger partial charge in [0.15, 0.2) is 0 Å². The van der Waals surface area contributed by atoms with Gasteiger partial charge in [-0.3, -0.25) is 9.59 Å². The molecule has 10 nitrogen and oxygen atoms in total. The number of carboxylic acid groups (broad SMARTS) is 1. The largest absolute Gasteiger partial charge is 0.480 e. The fraction of sp³-hybridized carbons (Fsp3) is 0.455. The zero-order valence-corrected chi connectivity index (χ0v) is 26.3. The Bertz CT molecular complexity index is 1500. The molecule has 5 N–H and O–H groups in total. The average molecular weight is 642 g/mol. The summed E-state index contributed by atoms with van der Waals surface area (Å²) in [6, 6.07) is 7.58. The van der Waals surface area contributed by atoms with Gasteiger partial charge in [-0.2, -0.15) is 0 Å². The molecule has 12 heteroatoms. The minimum atomic E-state index is -1.38. The van der Waals surface area contributed by atoms with Gasteiger partial charge >= 0.3 is 12.0 Å². The van der Waals surface area contributed by atoms with Crippen molar-refractivity contribution in [1.82, 2.24) is 25.8 Å². The molecule has 3 aromatic rings. The Morgan fingerprint density at radius 3 is 2.24 bits per heavy atom. The summed E-state index contributed by atoms with van der Waals surface area (Å²) < 4.78 is 13.7. The van der Waals surface area contributed by atoms with Crippen LogP contribution in [-0.4, -0.2) is 70.0 Å². The van der Waals surface area contributed by atoms with Gasteiger partial charge < -0.3 is 30.9 Å². The normalized spacial score (nSPS) is 15.6. The van der Waals surface area contributed by atoms with Crippen LogP contribution in [0.1, 0.15) is 57.1 Å². The van der Waals surface area contributed by atoms with Crippen molar-refractivity contribution in [2.24, 2.45) is 5.92 Å². The second kappa shape index (κ2) is 15.7. The number of rotatable bonds is 12. The molecule has 1 aliphatic heterocycles. The third-order valence-electron chi connectivity index (χ3n) is 7.98. The third kappa shape index (κ3) is 9.43. The van der Waals surface area contributed by atoms with Crippen molar-refractivity contribution in [3.8, 4) is 0 Å². The van der Waals surface area contributed by atoms with Crippen molar-refractivity contribution in [1.29, 1.82) is 0 Å². The summed E-state index contributed by atoms with van der Waals surface area (Å²) in [5, 5.41) is 18.9. The molecule has 4 amide bonds. The summed E-state index contributed by atoms with van der Waals surface area (Å²) in [4.78, 5) is 57.7. The van der Waals surface area contributed by atoms with Crippen molar-refractivity contribution in [2.45, 2.75) is 76.9 Å². The number of aromatic nitrogens is 1. The van der Waals surface area contributed by atoms with E-state index in [1.807, 2.05) is 38.1 Å². The zero-order valence-electron chi connectivity index (χ0n) is 25.6. The van der Waals surface area contributed by atoms with E-state index < -0.39 is 41.7 Å². The highest BCUT2D eigenvalue weighted by atomic mass is 35.5. The Hall–Kier alpha value is -4.12. The predicted octanol–water partition coefficient (Wildman–Crippen LogP) is 4.80. The lowest BCUT2D eigenvalue weighted by Crippen LogP contribution is -2.58. The van der Waals surface area contributed by atoms with Gasteiger partial charge in [0.2, 0.25) is 11.8 Å². The molecular weight excluding hydrogens is 601 g/mol. The van der Waals surface area contributed by atoms with Crippen LogP contribution in [0.4, 0.5) is 9.18 Å². The van der Waals surface area contributed by atoms with Gasteiger partial charge in [-0.1, -0.05) is 62.6 Å². The SMILES string of the molecule is CC(C)C[C@H](NC(=O)N1CCCCCC1)C(=O)N[C@H](Cc1c[nH]c2ccccc12)C(=O)N[C@H](Cc1ccc(F)c(Cl)c1)C(=O)O. The van der Waals surface area contributed by atoms with Crippen LogP contribution >= 0.6 is 11.6 Å². The van der Waals surface area contributed by atoms with Crippen molar-refractivity contribution < 1.29 is 28.7 Å². The van der Waals surface area contributed by atoms with E-state index in [1.54, 1.807) is 11.1 Å². The molecule has 2 heterocycles. The number of urea groups is 1. The van der Waals surface area contributed by atoms with E-state index in [4.69, 9.17) is 11.6 Å². The number of H-pyrrole nitrogens is 1. The molecule has 0 radical (unpaired) electrons. The third-order valence-corrected chi connectivity index (χ3v) is 8.27. The molecule has 0 unspecified atom stereocenters. The minimum absolute atomic E-state index is 0.0602. The Kier molecular flexibility index (Phi) is 11.8. The molecule has 2 aromatic carbocycles. The van der Waals surface area contributed by atoms with Crippen LogP contribution in [0, 0.1) is 11.7 Å². The average Bonchev–Trinajstić information content (AvgIpc) is 3.20. The Balaban J connectivity index is 1.56. The first-order valence-corrected chi connectivity index (χ1v) is 15.8. The fourth-order valence-corrected chi connectivity index (χ4v) is 5.80. The molecule has 4 rings (SSSR count). The molecule has 0 spiro atoms. The highest BCUT2D eigenvalue weighted by Crippen LogP contribution is 2.21. The van der Waals surface area contributed by atoms with Gasteiger partial charge in [0.05, 0.1) is 5.02 Å². The molecule has 0 saturated carbocycles. The van der Waals surface area contributed by atoms with Crippen LogP contribution in [0.25, 0.3) is 10.9 Å². The summed E-state index contributed by atoms with van der Waals surface area (Å²) >= 11 is 5.88. The number of halogens is 2. The lowest BCUT2D eigenvalue weighted by atomic mass is 10.00. The second-order valence-electron chi connectivity index (χ2n) is 12.0. The number of amides is 4. The van der Waals surface area contributed by atoms with Gasteiger partial charge in [0, 0.05) is 43.0 Å². The number of hydrogen-bond acceptors (Lipinski definition) is 4. The van der Waals surface area contributed by atoms with E-state index in [-0.39, 0.29) is 29.8 Å². The van der Waals surface area contributed by atoms with Gasteiger partial charge in [-0.25, -0.2) is 14.0 Å². The first-order valence-electron chi connectivity index (χ1n) is 15.4. The molecule has 1 aliphatic rings. The smallest absolute Gasteiger partial charge is 0.326 e. The molecule has 242 valence electrons. The first-order chi connectivity index (χ1) is 21.5. The first kappa shape index (κ1) is 33.8. The number of carbonyl (C=O) groups excluding carboxylic acids is 3. The maximum Gasteiger partial charge on any atom is 0.326 e. The number of aliphatic carboxylic acids is 1. The lowest BCUT2D eigenvalue weighted by Gasteiger charge is -2.28. The van der Waals surface area contributed by atoms with Crippen molar-refractivity contribution >= 4 is 46.3 Å². The molecule has 0 aliphatic carbocycles. The van der Waals surface area contributed by atoms with Crippen molar-refractivity contribution in [3.05, 3.63) is 70.6 Å². The van der Waals surface area contributed by atoms with E-state index in [9.17, 15) is 28.7 Å². The van der Waals surface area contributed by atoms with Gasteiger partial charge in [0.25, 0.3) is 0 Å². The molecule has 0 bridgehead atoms. The summed E-state index contributed by atoms with van der Waals surface area (Å²) in [6.45, 7) is 5.11.